The Morgan fingerprint density at radius 2 is 1.95 bits per heavy atom. The van der Waals surface area contributed by atoms with Gasteiger partial charge < -0.3 is 10.4 Å². The maximum atomic E-state index is 11.8. The van der Waals surface area contributed by atoms with E-state index in [-0.39, 0.29) is 12.2 Å². The van der Waals surface area contributed by atoms with Gasteiger partial charge in [-0.05, 0) is 29.8 Å². The van der Waals surface area contributed by atoms with E-state index in [9.17, 15) is 14.7 Å². The lowest BCUT2D eigenvalue weighted by Crippen LogP contribution is -2.29. The largest absolute Gasteiger partial charge is 0.387 e. The molecular weight excluding hydrogens is 317 g/mol. The number of aliphatic hydroxyl groups excluding tert-OH is 1. The number of hydrogen-bond acceptors (Lipinski definition) is 4. The quantitative estimate of drug-likeness (QED) is 0.793. The molecule has 1 aromatic carbocycles. The molecule has 21 heavy (non-hydrogen) atoms. The van der Waals surface area contributed by atoms with Crippen LogP contribution in [0.25, 0.3) is 0 Å². The van der Waals surface area contributed by atoms with E-state index in [1.807, 2.05) is 0 Å². The summed E-state index contributed by atoms with van der Waals surface area (Å²) >= 11 is 11.7. The summed E-state index contributed by atoms with van der Waals surface area (Å²) < 4.78 is 0. The van der Waals surface area contributed by atoms with Gasteiger partial charge in [-0.3, -0.25) is 9.59 Å². The Morgan fingerprint density at radius 1 is 1.29 bits per heavy atom. The second-order valence-corrected chi connectivity index (χ2v) is 5.11. The van der Waals surface area contributed by atoms with Gasteiger partial charge in [-0.15, -0.1) is 0 Å². The topological polar surface area (TPSA) is 95.1 Å². The summed E-state index contributed by atoms with van der Waals surface area (Å²) in [5, 5.41) is 19.0. The molecule has 1 aromatic heterocycles. The van der Waals surface area contributed by atoms with Crippen LogP contribution in [-0.2, 0) is 0 Å². The lowest BCUT2D eigenvalue weighted by Gasteiger charge is -2.12. The molecule has 1 unspecified atom stereocenters. The molecule has 3 N–H and O–H groups in total. The van der Waals surface area contributed by atoms with Crippen LogP contribution in [0.5, 0.6) is 0 Å². The molecule has 1 atom stereocenters. The van der Waals surface area contributed by atoms with Crippen LogP contribution in [0.15, 0.2) is 35.1 Å². The van der Waals surface area contributed by atoms with Crippen molar-refractivity contribution in [3.05, 3.63) is 62.0 Å². The van der Waals surface area contributed by atoms with Crippen molar-refractivity contribution in [2.24, 2.45) is 0 Å². The summed E-state index contributed by atoms with van der Waals surface area (Å²) in [6.07, 6.45) is -0.965. The van der Waals surface area contributed by atoms with Crippen LogP contribution in [-0.4, -0.2) is 27.8 Å². The van der Waals surface area contributed by atoms with Crippen LogP contribution in [0.3, 0.4) is 0 Å². The van der Waals surface area contributed by atoms with Gasteiger partial charge in [-0.2, -0.15) is 5.10 Å². The van der Waals surface area contributed by atoms with Crippen LogP contribution in [0.1, 0.15) is 22.2 Å². The summed E-state index contributed by atoms with van der Waals surface area (Å²) in [5.41, 5.74) is 0.133. The third-order valence-corrected chi connectivity index (χ3v) is 3.07. The predicted molar refractivity (Wildman–Crippen MR) is 78.6 cm³/mol. The number of aromatic nitrogens is 2. The van der Waals surface area contributed by atoms with E-state index >= 15 is 0 Å². The minimum atomic E-state index is -0.965. The normalized spacial score (nSPS) is 12.0. The lowest BCUT2D eigenvalue weighted by molar-refractivity contribution is 0.0910. The third kappa shape index (κ3) is 4.29. The lowest BCUT2D eigenvalue weighted by atomic mass is 10.1. The maximum Gasteiger partial charge on any atom is 0.271 e. The number of hydrogen-bond donors (Lipinski definition) is 3. The zero-order valence-electron chi connectivity index (χ0n) is 10.6. The highest BCUT2D eigenvalue weighted by atomic mass is 35.5. The molecule has 0 fully saturated rings. The number of H-pyrrole nitrogens is 1. The van der Waals surface area contributed by atoms with Gasteiger partial charge in [0.2, 0.25) is 0 Å². The first-order chi connectivity index (χ1) is 9.95. The number of aliphatic hydroxyl groups is 1. The van der Waals surface area contributed by atoms with E-state index in [0.29, 0.717) is 15.6 Å². The fourth-order valence-electron chi connectivity index (χ4n) is 1.64. The first-order valence-electron chi connectivity index (χ1n) is 5.93. The molecule has 8 heteroatoms. The number of halogens is 2. The molecule has 0 spiro atoms. The SMILES string of the molecule is O=C(NCC(O)c1cc(Cl)cc(Cl)c1)c1ccc(=O)[nH]n1. The Hall–Kier alpha value is -1.89. The number of amides is 1. The van der Waals surface area contributed by atoms with Crippen LogP contribution in [0, 0.1) is 0 Å². The van der Waals surface area contributed by atoms with Gasteiger partial charge in [0.25, 0.3) is 11.5 Å². The molecule has 1 heterocycles. The molecule has 0 aliphatic rings. The summed E-state index contributed by atoms with van der Waals surface area (Å²) in [5.74, 6) is -0.515. The number of carbonyl (C=O) groups is 1. The first-order valence-corrected chi connectivity index (χ1v) is 6.69. The van der Waals surface area contributed by atoms with Crippen molar-refractivity contribution in [2.75, 3.05) is 6.54 Å². The van der Waals surface area contributed by atoms with Gasteiger partial charge in [-0.1, -0.05) is 23.2 Å². The molecule has 0 bridgehead atoms. The highest BCUT2D eigenvalue weighted by Crippen LogP contribution is 2.23. The molecule has 2 rings (SSSR count). The highest BCUT2D eigenvalue weighted by molar-refractivity contribution is 6.34. The van der Waals surface area contributed by atoms with Crippen molar-refractivity contribution < 1.29 is 9.90 Å². The molecule has 0 saturated carbocycles. The third-order valence-electron chi connectivity index (χ3n) is 2.64. The van der Waals surface area contributed by atoms with Gasteiger partial charge in [0.1, 0.15) is 5.69 Å². The molecule has 0 radical (unpaired) electrons. The number of nitrogens with zero attached hydrogens (tertiary/aromatic N) is 1. The zero-order valence-corrected chi connectivity index (χ0v) is 12.1. The van der Waals surface area contributed by atoms with Crippen LogP contribution >= 0.6 is 23.2 Å². The number of aromatic amines is 1. The van der Waals surface area contributed by atoms with Crippen molar-refractivity contribution in [1.29, 1.82) is 0 Å². The number of rotatable bonds is 4. The van der Waals surface area contributed by atoms with Crippen LogP contribution in [0.4, 0.5) is 0 Å². The standard InChI is InChI=1S/C13H11Cl2N3O3/c14-8-3-7(4-9(15)5-8)11(19)6-16-13(21)10-1-2-12(20)18-17-10/h1-5,11,19H,6H2,(H,16,21)(H,18,20). The fourth-order valence-corrected chi connectivity index (χ4v) is 2.18. The van der Waals surface area contributed by atoms with Crippen molar-refractivity contribution in [1.82, 2.24) is 15.5 Å². The van der Waals surface area contributed by atoms with Gasteiger partial charge in [0.05, 0.1) is 6.10 Å². The van der Waals surface area contributed by atoms with Gasteiger partial charge in [0.15, 0.2) is 0 Å². The molecule has 0 saturated heterocycles. The highest BCUT2D eigenvalue weighted by Gasteiger charge is 2.13. The van der Waals surface area contributed by atoms with Crippen LogP contribution < -0.4 is 10.9 Å². The Labute approximate surface area is 129 Å². The summed E-state index contributed by atoms with van der Waals surface area (Å²) in [4.78, 5) is 22.6. The summed E-state index contributed by atoms with van der Waals surface area (Å²) in [6.45, 7) is -0.0453. The van der Waals surface area contributed by atoms with Gasteiger partial charge in [0, 0.05) is 22.7 Å². The van der Waals surface area contributed by atoms with E-state index in [0.717, 1.165) is 0 Å². The molecule has 2 aromatic rings. The molecule has 0 aliphatic heterocycles. The van der Waals surface area contributed by atoms with Crippen LogP contribution in [0.2, 0.25) is 10.0 Å². The first kappa shape index (κ1) is 15.5. The maximum absolute atomic E-state index is 11.8. The Morgan fingerprint density at radius 3 is 2.52 bits per heavy atom. The molecule has 6 nitrogen and oxygen atoms in total. The van der Waals surface area contributed by atoms with E-state index in [1.165, 1.54) is 12.1 Å². The van der Waals surface area contributed by atoms with E-state index < -0.39 is 17.6 Å². The number of benzene rings is 1. The monoisotopic (exact) mass is 327 g/mol. The molecule has 1 amide bonds. The van der Waals surface area contributed by atoms with Crippen molar-refractivity contribution >= 4 is 29.1 Å². The Bertz CT molecular complexity index is 677. The molecule has 0 aliphatic carbocycles. The average molecular weight is 328 g/mol. The van der Waals surface area contributed by atoms with E-state index in [2.05, 4.69) is 15.5 Å². The van der Waals surface area contributed by atoms with Crippen molar-refractivity contribution in [3.63, 3.8) is 0 Å². The fraction of sp³-hybridized carbons (Fsp3) is 0.154. The Kier molecular flexibility index (Phi) is 4.95. The van der Waals surface area contributed by atoms with E-state index in [1.54, 1.807) is 18.2 Å². The minimum Gasteiger partial charge on any atom is -0.387 e. The summed E-state index contributed by atoms with van der Waals surface area (Å²) in [7, 11) is 0. The smallest absolute Gasteiger partial charge is 0.271 e. The van der Waals surface area contributed by atoms with Crippen molar-refractivity contribution in [3.8, 4) is 0 Å². The van der Waals surface area contributed by atoms with Gasteiger partial charge in [-0.25, -0.2) is 5.10 Å². The number of nitrogens with one attached hydrogen (secondary N) is 2. The zero-order chi connectivity index (χ0) is 15.4. The average Bonchev–Trinajstić information content (AvgIpc) is 2.44. The second kappa shape index (κ2) is 6.71. The Balaban J connectivity index is 2.00. The molecular formula is C13H11Cl2N3O3. The van der Waals surface area contributed by atoms with E-state index in [4.69, 9.17) is 23.2 Å². The minimum absolute atomic E-state index is 0.0453. The predicted octanol–water partition coefficient (Wildman–Crippen LogP) is 1.54. The van der Waals surface area contributed by atoms with Crippen molar-refractivity contribution in [2.45, 2.75) is 6.10 Å². The molecule has 110 valence electrons. The van der Waals surface area contributed by atoms with Gasteiger partial charge >= 0.3 is 0 Å². The summed E-state index contributed by atoms with van der Waals surface area (Å²) in [6, 6.07) is 7.14. The number of carbonyl (C=O) groups excluding carboxylic acids is 1. The second-order valence-electron chi connectivity index (χ2n) is 4.24.